The molecule has 0 aliphatic carbocycles. The van der Waals surface area contributed by atoms with E-state index in [9.17, 15) is 4.21 Å². The van der Waals surface area contributed by atoms with Crippen molar-refractivity contribution in [2.45, 2.75) is 5.03 Å². The fourth-order valence-electron chi connectivity index (χ4n) is 0.472. The zero-order valence-corrected chi connectivity index (χ0v) is 7.28. The second-order valence-electron chi connectivity index (χ2n) is 1.58. The van der Waals surface area contributed by atoms with Crippen LogP contribution < -0.4 is 0 Å². The largest absolute Gasteiger partial charge is 0.439 e. The predicted octanol–water partition coefficient (Wildman–Crippen LogP) is 1.93. The first-order valence-corrected chi connectivity index (χ1v) is 4.39. The quantitative estimate of drug-likeness (QED) is 0.735. The molecule has 0 atom stereocenters. The maximum atomic E-state index is 10.5. The van der Waals surface area contributed by atoms with E-state index in [1.165, 1.54) is 6.20 Å². The summed E-state index contributed by atoms with van der Waals surface area (Å²) in [5.41, 5.74) is 0. The lowest BCUT2D eigenvalue weighted by molar-refractivity contribution is 0.597. The van der Waals surface area contributed by atoms with E-state index in [1.54, 1.807) is 12.1 Å². The maximum Gasteiger partial charge on any atom is 0.0392 e. The van der Waals surface area contributed by atoms with Gasteiger partial charge in [-0.15, -0.1) is 10.6 Å². The number of nitrogens with zero attached hydrogens (tertiary/aromatic N) is 1. The van der Waals surface area contributed by atoms with Gasteiger partial charge in [-0.3, -0.25) is 4.98 Å². The minimum Gasteiger partial charge on any atom is -0.439 e. The second-order valence-corrected chi connectivity index (χ2v) is 3.45. The zero-order valence-electron chi connectivity index (χ0n) is 4.87. The fourth-order valence-corrected chi connectivity index (χ4v) is 1.05. The summed E-state index contributed by atoms with van der Waals surface area (Å²) in [4.78, 5) is 3.74. The predicted molar refractivity (Wildman–Crippen MR) is 41.0 cm³/mol. The van der Waals surface area contributed by atoms with Gasteiger partial charge in [0.25, 0.3) is 0 Å². The topological polar surface area (TPSA) is 53.8 Å². The van der Waals surface area contributed by atoms with Gasteiger partial charge >= 0.3 is 0 Å². The average Bonchev–Trinajstić information content (AvgIpc) is 1.88. The van der Waals surface area contributed by atoms with E-state index in [0.717, 1.165) is 4.47 Å². The fraction of sp³-hybridized carbons (Fsp3) is 0. The van der Waals surface area contributed by atoms with Crippen molar-refractivity contribution >= 4 is 26.5 Å². The summed E-state index contributed by atoms with van der Waals surface area (Å²) in [7, 11) is -1.72. The van der Waals surface area contributed by atoms with E-state index in [0.29, 0.717) is 0 Å². The summed E-state index contributed by atoms with van der Waals surface area (Å²) < 4.78 is 18.1. The summed E-state index contributed by atoms with van der Waals surface area (Å²) in [6.07, 6.45) is 1.52. The number of pyridine rings is 1. The molecule has 0 aliphatic heterocycles. The number of hydrogen-bond donors (Lipinski definition) is 1. The molecule has 0 spiro atoms. The summed E-state index contributed by atoms with van der Waals surface area (Å²) in [6.45, 7) is 0. The van der Waals surface area contributed by atoms with Gasteiger partial charge in [-0.1, -0.05) is 6.07 Å². The van der Waals surface area contributed by atoms with Crippen LogP contribution in [0.3, 0.4) is 0 Å². The van der Waals surface area contributed by atoms with Gasteiger partial charge in [-0.25, -0.2) is 0 Å². The smallest absolute Gasteiger partial charge is 0.0392 e. The van der Waals surface area contributed by atoms with Crippen molar-refractivity contribution in [1.82, 2.24) is 4.98 Å². The molecule has 0 aromatic carbocycles. The van der Waals surface area contributed by atoms with E-state index in [-0.39, 0.29) is 5.03 Å². The van der Waals surface area contributed by atoms with Gasteiger partial charge in [0.15, 0.2) is 0 Å². The highest BCUT2D eigenvalue weighted by molar-refractivity contribution is 9.10. The SMILES string of the molecule is N=[S-](=O)c1ccc(Br)cn1. The van der Waals surface area contributed by atoms with Crippen LogP contribution in [-0.2, 0) is 14.8 Å². The highest BCUT2D eigenvalue weighted by Gasteiger charge is 1.83. The van der Waals surface area contributed by atoms with Crippen molar-refractivity contribution in [1.29, 1.82) is 4.78 Å². The molecule has 1 aromatic rings. The summed E-state index contributed by atoms with van der Waals surface area (Å²) in [6, 6.07) is 3.25. The Balaban J connectivity index is 3.12. The van der Waals surface area contributed by atoms with Gasteiger partial charge in [-0.05, 0) is 27.0 Å². The van der Waals surface area contributed by atoms with Crippen LogP contribution in [-0.4, -0.2) is 4.98 Å². The van der Waals surface area contributed by atoms with Crippen LogP contribution in [0.2, 0.25) is 0 Å². The molecule has 0 saturated carbocycles. The van der Waals surface area contributed by atoms with Gasteiger partial charge in [-0.2, -0.15) is 0 Å². The Labute approximate surface area is 68.6 Å². The highest BCUT2D eigenvalue weighted by Crippen LogP contribution is 2.07. The first kappa shape index (κ1) is 7.68. The molecule has 5 heteroatoms. The minimum atomic E-state index is -1.72. The molecule has 54 valence electrons. The Morgan fingerprint density at radius 2 is 2.30 bits per heavy atom. The minimum absolute atomic E-state index is 0.281. The number of halogens is 1. The van der Waals surface area contributed by atoms with Crippen LogP contribution >= 0.6 is 15.9 Å². The van der Waals surface area contributed by atoms with Gasteiger partial charge in [0, 0.05) is 10.7 Å². The van der Waals surface area contributed by atoms with Crippen LogP contribution in [0.4, 0.5) is 0 Å². The van der Waals surface area contributed by atoms with Gasteiger partial charge in [0.05, 0.1) is 0 Å². The number of aromatic nitrogens is 1. The normalized spacial score (nSPS) is 10.2. The van der Waals surface area contributed by atoms with Crippen LogP contribution in [0.5, 0.6) is 0 Å². The van der Waals surface area contributed by atoms with Crippen LogP contribution in [0.25, 0.3) is 0 Å². The number of nitrogens with one attached hydrogen (secondary N) is 1. The van der Waals surface area contributed by atoms with Crippen LogP contribution in [0.15, 0.2) is 27.8 Å². The molecule has 0 saturated heterocycles. The second kappa shape index (κ2) is 3.12. The molecule has 1 heterocycles. The van der Waals surface area contributed by atoms with Crippen molar-refractivity contribution in [2.75, 3.05) is 0 Å². The lowest BCUT2D eigenvalue weighted by Gasteiger charge is -1.98. The monoisotopic (exact) mass is 219 g/mol. The van der Waals surface area contributed by atoms with E-state index in [1.807, 2.05) is 0 Å². The lowest BCUT2D eigenvalue weighted by Crippen LogP contribution is -1.81. The molecule has 1 N–H and O–H groups in total. The molecule has 0 fully saturated rings. The van der Waals surface area contributed by atoms with Gasteiger partial charge in [0.2, 0.25) is 0 Å². The Morgan fingerprint density at radius 1 is 1.60 bits per heavy atom. The van der Waals surface area contributed by atoms with E-state index in [2.05, 4.69) is 20.9 Å². The Bertz CT molecular complexity index is 285. The zero-order chi connectivity index (χ0) is 7.56. The Hall–Kier alpha value is -0.420. The summed E-state index contributed by atoms with van der Waals surface area (Å²) >= 11 is 3.17. The number of hydrogen-bond acceptors (Lipinski definition) is 4. The molecule has 0 radical (unpaired) electrons. The van der Waals surface area contributed by atoms with Gasteiger partial charge < -0.3 is 8.99 Å². The van der Waals surface area contributed by atoms with E-state index < -0.39 is 10.6 Å². The standard InChI is InChI=1S/C5H4BrN2OS/c6-4-1-2-5(8-3-4)10(7)9/h1-3,7H/q-1. The molecule has 0 bridgehead atoms. The van der Waals surface area contributed by atoms with E-state index in [4.69, 9.17) is 4.78 Å². The highest BCUT2D eigenvalue weighted by atomic mass is 79.9. The molecule has 0 unspecified atom stereocenters. The Morgan fingerprint density at radius 3 is 2.70 bits per heavy atom. The molecular formula is C5H4BrN2OS-. The van der Waals surface area contributed by atoms with Gasteiger partial charge in [0.1, 0.15) is 0 Å². The maximum absolute atomic E-state index is 10.5. The average molecular weight is 220 g/mol. The van der Waals surface area contributed by atoms with Crippen LogP contribution in [0, 0.1) is 4.78 Å². The van der Waals surface area contributed by atoms with Crippen molar-refractivity contribution in [2.24, 2.45) is 0 Å². The van der Waals surface area contributed by atoms with Crippen molar-refractivity contribution in [3.05, 3.63) is 22.8 Å². The third-order valence-electron chi connectivity index (χ3n) is 0.890. The van der Waals surface area contributed by atoms with Crippen molar-refractivity contribution in [3.63, 3.8) is 0 Å². The molecule has 10 heavy (non-hydrogen) atoms. The van der Waals surface area contributed by atoms with E-state index >= 15 is 0 Å². The lowest BCUT2D eigenvalue weighted by atomic mass is 10.5. The first-order chi connectivity index (χ1) is 4.70. The molecule has 1 aromatic heterocycles. The third-order valence-corrected chi connectivity index (χ3v) is 1.98. The molecule has 0 aliphatic rings. The van der Waals surface area contributed by atoms with Crippen molar-refractivity contribution < 1.29 is 4.21 Å². The Kier molecular flexibility index (Phi) is 2.39. The van der Waals surface area contributed by atoms with Crippen LogP contribution in [0.1, 0.15) is 0 Å². The molecule has 1 rings (SSSR count). The number of rotatable bonds is 1. The summed E-state index contributed by atoms with van der Waals surface area (Å²) in [5.74, 6) is 0. The molecule has 3 nitrogen and oxygen atoms in total. The molecule has 0 amide bonds. The molecular weight excluding hydrogens is 216 g/mol. The van der Waals surface area contributed by atoms with Crippen molar-refractivity contribution in [3.8, 4) is 0 Å². The third kappa shape index (κ3) is 1.78. The first-order valence-electron chi connectivity index (χ1n) is 2.45. The summed E-state index contributed by atoms with van der Waals surface area (Å²) in [5, 5.41) is 0.281.